The predicted molar refractivity (Wildman–Crippen MR) is 50.7 cm³/mol. The summed E-state index contributed by atoms with van der Waals surface area (Å²) in [4.78, 5) is 11.0. The standard InChI is InChI=1S/C10H8N2O3/c13-9-8(10(14)12-11-9)15-6-7-4-2-1-3-5-7/h1-5,13H,6H2. The van der Waals surface area contributed by atoms with Crippen LogP contribution in [-0.4, -0.2) is 11.0 Å². The van der Waals surface area contributed by atoms with Crippen molar-refractivity contribution in [1.29, 1.82) is 0 Å². The lowest BCUT2D eigenvalue weighted by molar-refractivity contribution is -0.117. The zero-order valence-electron chi connectivity index (χ0n) is 7.75. The largest absolute Gasteiger partial charge is 0.489 e. The van der Waals surface area contributed by atoms with Crippen molar-refractivity contribution in [3.05, 3.63) is 47.5 Å². The zero-order chi connectivity index (χ0) is 10.7. The summed E-state index contributed by atoms with van der Waals surface area (Å²) in [5.74, 6) is -1.31. The maximum absolute atomic E-state index is 11.0. The third-order valence-electron chi connectivity index (χ3n) is 1.86. The molecular formula is C10H8N2O3. The minimum Gasteiger partial charge on any atom is -0.489 e. The molecule has 1 amide bonds. The Balaban J connectivity index is 2.01. The molecule has 0 radical (unpaired) electrons. The summed E-state index contributed by atoms with van der Waals surface area (Å²) in [6.45, 7) is 0.205. The van der Waals surface area contributed by atoms with Crippen molar-refractivity contribution in [1.82, 2.24) is 0 Å². The lowest BCUT2D eigenvalue weighted by atomic mass is 10.2. The van der Waals surface area contributed by atoms with E-state index >= 15 is 0 Å². The number of hydrogen-bond donors (Lipinski definition) is 1. The van der Waals surface area contributed by atoms with Crippen LogP contribution in [0.15, 0.2) is 52.2 Å². The Morgan fingerprint density at radius 1 is 1.20 bits per heavy atom. The predicted octanol–water partition coefficient (Wildman–Crippen LogP) is 1.92. The van der Waals surface area contributed by atoms with Gasteiger partial charge < -0.3 is 9.84 Å². The van der Waals surface area contributed by atoms with Gasteiger partial charge in [0.15, 0.2) is 0 Å². The van der Waals surface area contributed by atoms with E-state index in [0.717, 1.165) is 5.56 Å². The topological polar surface area (TPSA) is 71.2 Å². The van der Waals surface area contributed by atoms with Crippen LogP contribution in [0, 0.1) is 0 Å². The van der Waals surface area contributed by atoms with Crippen molar-refractivity contribution in [2.24, 2.45) is 10.2 Å². The van der Waals surface area contributed by atoms with Gasteiger partial charge in [0.1, 0.15) is 6.61 Å². The van der Waals surface area contributed by atoms with E-state index in [-0.39, 0.29) is 12.4 Å². The van der Waals surface area contributed by atoms with Gasteiger partial charge in [0.05, 0.1) is 0 Å². The summed E-state index contributed by atoms with van der Waals surface area (Å²) in [5.41, 5.74) is 0.900. The Bertz CT molecular complexity index is 437. The summed E-state index contributed by atoms with van der Waals surface area (Å²) in [6.07, 6.45) is 0. The van der Waals surface area contributed by atoms with Crippen molar-refractivity contribution >= 4 is 5.91 Å². The maximum atomic E-state index is 11.0. The number of amides is 1. The molecule has 1 aliphatic rings. The first-order valence-corrected chi connectivity index (χ1v) is 4.33. The van der Waals surface area contributed by atoms with Gasteiger partial charge >= 0.3 is 5.91 Å². The molecule has 0 aliphatic carbocycles. The molecular weight excluding hydrogens is 196 g/mol. The van der Waals surface area contributed by atoms with Crippen molar-refractivity contribution < 1.29 is 14.6 Å². The molecule has 0 spiro atoms. The number of carbonyl (C=O) groups excluding carboxylic acids is 1. The number of aliphatic hydroxyl groups is 1. The van der Waals surface area contributed by atoms with E-state index in [1.54, 1.807) is 0 Å². The van der Waals surface area contributed by atoms with Crippen molar-refractivity contribution in [3.63, 3.8) is 0 Å². The molecule has 0 atom stereocenters. The number of benzene rings is 1. The number of hydrogen-bond acceptors (Lipinski definition) is 4. The highest BCUT2D eigenvalue weighted by atomic mass is 16.5. The smallest absolute Gasteiger partial charge is 0.336 e. The van der Waals surface area contributed by atoms with E-state index in [1.807, 2.05) is 30.3 Å². The first-order chi connectivity index (χ1) is 7.27. The molecule has 1 aromatic rings. The highest BCUT2D eigenvalue weighted by Crippen LogP contribution is 2.16. The average molecular weight is 204 g/mol. The molecule has 0 fully saturated rings. The number of carbonyl (C=O) groups is 1. The highest BCUT2D eigenvalue weighted by molar-refractivity contribution is 5.93. The third kappa shape index (κ3) is 2.01. The first kappa shape index (κ1) is 9.39. The molecule has 0 saturated carbocycles. The van der Waals surface area contributed by atoms with Crippen LogP contribution < -0.4 is 0 Å². The molecule has 15 heavy (non-hydrogen) atoms. The van der Waals surface area contributed by atoms with Gasteiger partial charge in [0, 0.05) is 0 Å². The molecule has 1 aromatic carbocycles. The molecule has 2 rings (SSSR count). The number of ether oxygens (including phenoxy) is 1. The van der Waals surface area contributed by atoms with E-state index in [0.29, 0.717) is 0 Å². The second-order valence-corrected chi connectivity index (χ2v) is 2.93. The Kier molecular flexibility index (Phi) is 2.45. The van der Waals surface area contributed by atoms with E-state index in [4.69, 9.17) is 9.84 Å². The Morgan fingerprint density at radius 2 is 1.93 bits per heavy atom. The fraction of sp³-hybridized carbons (Fsp3) is 0.100. The third-order valence-corrected chi connectivity index (χ3v) is 1.86. The van der Waals surface area contributed by atoms with Crippen molar-refractivity contribution in [3.8, 4) is 0 Å². The van der Waals surface area contributed by atoms with Gasteiger partial charge in [-0.3, -0.25) is 4.79 Å². The van der Waals surface area contributed by atoms with Crippen LogP contribution in [0.2, 0.25) is 0 Å². The first-order valence-electron chi connectivity index (χ1n) is 4.33. The molecule has 0 aromatic heterocycles. The average Bonchev–Trinajstić information content (AvgIpc) is 2.58. The van der Waals surface area contributed by atoms with Crippen LogP contribution in [-0.2, 0) is 16.1 Å². The van der Waals surface area contributed by atoms with E-state index in [1.165, 1.54) is 0 Å². The van der Waals surface area contributed by atoms with E-state index in [2.05, 4.69) is 10.2 Å². The van der Waals surface area contributed by atoms with Gasteiger partial charge in [-0.1, -0.05) is 35.4 Å². The van der Waals surface area contributed by atoms with Crippen LogP contribution in [0.1, 0.15) is 5.56 Å². The molecule has 5 heteroatoms. The minimum absolute atomic E-state index is 0.196. The lowest BCUT2D eigenvalue weighted by Crippen LogP contribution is -2.02. The van der Waals surface area contributed by atoms with Crippen LogP contribution in [0.4, 0.5) is 0 Å². The minimum atomic E-state index is -0.650. The Hall–Kier alpha value is -2.17. The van der Waals surface area contributed by atoms with Gasteiger partial charge in [-0.25, -0.2) is 0 Å². The number of aliphatic hydroxyl groups excluding tert-OH is 1. The quantitative estimate of drug-likeness (QED) is 0.817. The fourth-order valence-electron chi connectivity index (χ4n) is 1.14. The summed E-state index contributed by atoms with van der Waals surface area (Å²) in [6, 6.07) is 9.30. The molecule has 1 N–H and O–H groups in total. The molecule has 1 aliphatic heterocycles. The van der Waals surface area contributed by atoms with E-state index < -0.39 is 11.8 Å². The van der Waals surface area contributed by atoms with E-state index in [9.17, 15) is 4.79 Å². The summed E-state index contributed by atoms with van der Waals surface area (Å²) in [7, 11) is 0. The number of nitrogens with zero attached hydrogens (tertiary/aromatic N) is 2. The van der Waals surface area contributed by atoms with Gasteiger partial charge in [0.25, 0.3) is 11.6 Å². The molecule has 0 bridgehead atoms. The number of azo groups is 1. The normalized spacial score (nSPS) is 14.8. The second kappa shape index (κ2) is 3.91. The molecule has 0 unspecified atom stereocenters. The summed E-state index contributed by atoms with van der Waals surface area (Å²) >= 11 is 0. The van der Waals surface area contributed by atoms with Gasteiger partial charge in [-0.05, 0) is 5.56 Å². The van der Waals surface area contributed by atoms with Gasteiger partial charge in [-0.15, -0.1) is 5.11 Å². The zero-order valence-corrected chi connectivity index (χ0v) is 7.75. The van der Waals surface area contributed by atoms with Crippen LogP contribution in [0.25, 0.3) is 0 Å². The lowest BCUT2D eigenvalue weighted by Gasteiger charge is -2.03. The highest BCUT2D eigenvalue weighted by Gasteiger charge is 2.22. The molecule has 76 valence electrons. The molecule has 1 heterocycles. The Morgan fingerprint density at radius 3 is 2.53 bits per heavy atom. The SMILES string of the molecule is O=C1N=NC(O)=C1OCc1ccccc1. The summed E-state index contributed by atoms with van der Waals surface area (Å²) < 4.78 is 5.11. The van der Waals surface area contributed by atoms with Crippen LogP contribution in [0.5, 0.6) is 0 Å². The van der Waals surface area contributed by atoms with Crippen molar-refractivity contribution in [2.45, 2.75) is 6.61 Å². The van der Waals surface area contributed by atoms with Crippen LogP contribution >= 0.6 is 0 Å². The second-order valence-electron chi connectivity index (χ2n) is 2.93. The summed E-state index contributed by atoms with van der Waals surface area (Å²) in [5, 5.41) is 15.5. The monoisotopic (exact) mass is 204 g/mol. The van der Waals surface area contributed by atoms with Crippen LogP contribution in [0.3, 0.4) is 0 Å². The number of rotatable bonds is 3. The van der Waals surface area contributed by atoms with Crippen molar-refractivity contribution in [2.75, 3.05) is 0 Å². The van der Waals surface area contributed by atoms with Gasteiger partial charge in [-0.2, -0.15) is 0 Å². The Labute approximate surface area is 85.7 Å². The molecule has 5 nitrogen and oxygen atoms in total. The molecule has 0 saturated heterocycles. The maximum Gasteiger partial charge on any atom is 0.336 e. The van der Waals surface area contributed by atoms with Gasteiger partial charge in [0.2, 0.25) is 0 Å². The fourth-order valence-corrected chi connectivity index (χ4v) is 1.14.